The van der Waals surface area contributed by atoms with Crippen LogP contribution in [0, 0.1) is 12.7 Å². The summed E-state index contributed by atoms with van der Waals surface area (Å²) in [6, 6.07) is 13.5. The molecular weight excluding hydrogens is 445 g/mol. The molecule has 0 radical (unpaired) electrons. The first-order chi connectivity index (χ1) is 17.0. The molecule has 35 heavy (non-hydrogen) atoms. The summed E-state index contributed by atoms with van der Waals surface area (Å²) >= 11 is 0. The molecule has 0 atom stereocenters. The highest BCUT2D eigenvalue weighted by Crippen LogP contribution is 2.46. The number of nitrogens with one attached hydrogen (secondary N) is 2. The van der Waals surface area contributed by atoms with Gasteiger partial charge in [-0.3, -0.25) is 0 Å². The zero-order valence-electron chi connectivity index (χ0n) is 19.4. The van der Waals surface area contributed by atoms with Gasteiger partial charge in [0.15, 0.2) is 11.6 Å². The van der Waals surface area contributed by atoms with Crippen LogP contribution in [0.2, 0.25) is 0 Å². The third-order valence-corrected chi connectivity index (χ3v) is 6.30. The molecule has 9 heteroatoms. The number of hydrogen-bond donors (Lipinski definition) is 2. The number of aryl methyl sites for hydroxylation is 2. The monoisotopic (exact) mass is 467 g/mol. The average Bonchev–Trinajstić information content (AvgIpc) is 3.06. The van der Waals surface area contributed by atoms with Crippen LogP contribution in [0.25, 0.3) is 33.4 Å². The minimum Gasteiger partial charge on any atom is -0.421 e. The summed E-state index contributed by atoms with van der Waals surface area (Å²) in [6.45, 7) is 2.07. The molecule has 2 aromatic carbocycles. The van der Waals surface area contributed by atoms with Crippen molar-refractivity contribution in [2.75, 3.05) is 17.7 Å². The van der Waals surface area contributed by atoms with E-state index in [2.05, 4.69) is 30.6 Å². The number of nitrogens with zero attached hydrogens (tertiary/aromatic N) is 5. The van der Waals surface area contributed by atoms with E-state index in [9.17, 15) is 0 Å². The Morgan fingerprint density at radius 1 is 1.06 bits per heavy atom. The van der Waals surface area contributed by atoms with E-state index < -0.39 is 5.82 Å². The first kappa shape index (κ1) is 21.0. The summed E-state index contributed by atoms with van der Waals surface area (Å²) in [5.41, 5.74) is 6.57. The minimum absolute atomic E-state index is 0.0697. The molecule has 1 aliphatic rings. The van der Waals surface area contributed by atoms with Gasteiger partial charge in [-0.15, -0.1) is 0 Å². The molecule has 174 valence electrons. The number of halogens is 1. The van der Waals surface area contributed by atoms with Gasteiger partial charge in [0.2, 0.25) is 0 Å². The lowest BCUT2D eigenvalue weighted by Crippen LogP contribution is -2.06. The van der Waals surface area contributed by atoms with Gasteiger partial charge in [-0.2, -0.15) is 0 Å². The van der Waals surface area contributed by atoms with Crippen LogP contribution in [0.4, 0.5) is 15.9 Å². The van der Waals surface area contributed by atoms with E-state index in [-0.39, 0.29) is 18.3 Å². The van der Waals surface area contributed by atoms with E-state index in [1.807, 2.05) is 55.9 Å². The molecule has 0 saturated heterocycles. The van der Waals surface area contributed by atoms with Crippen molar-refractivity contribution < 1.29 is 9.13 Å². The first-order valence-corrected chi connectivity index (χ1v) is 11.2. The second-order valence-electron chi connectivity index (χ2n) is 8.37. The summed E-state index contributed by atoms with van der Waals surface area (Å²) < 4.78 is 23.7. The zero-order valence-corrected chi connectivity index (χ0v) is 19.4. The van der Waals surface area contributed by atoms with Crippen molar-refractivity contribution in [2.24, 2.45) is 7.05 Å². The average molecular weight is 468 g/mol. The van der Waals surface area contributed by atoms with E-state index >= 15 is 4.39 Å². The molecule has 5 aromatic rings. The fraction of sp³-hybridized carbons (Fsp3) is 0.154. The molecule has 0 spiro atoms. The summed E-state index contributed by atoms with van der Waals surface area (Å²) in [5, 5.41) is 7.30. The quantitative estimate of drug-likeness (QED) is 0.371. The van der Waals surface area contributed by atoms with Crippen molar-refractivity contribution in [1.82, 2.24) is 24.5 Å². The van der Waals surface area contributed by atoms with Crippen molar-refractivity contribution in [1.29, 1.82) is 0 Å². The summed E-state index contributed by atoms with van der Waals surface area (Å²) in [7, 11) is 3.85. The van der Waals surface area contributed by atoms with Gasteiger partial charge in [0.05, 0.1) is 11.1 Å². The molecule has 6 rings (SSSR count). The van der Waals surface area contributed by atoms with E-state index in [1.165, 1.54) is 6.33 Å². The van der Waals surface area contributed by atoms with Crippen molar-refractivity contribution in [3.8, 4) is 34.1 Å². The molecule has 0 fully saturated rings. The van der Waals surface area contributed by atoms with E-state index in [1.54, 1.807) is 18.3 Å². The molecule has 0 bridgehead atoms. The first-order valence-electron chi connectivity index (χ1n) is 11.2. The Balaban J connectivity index is 1.57. The predicted octanol–water partition coefficient (Wildman–Crippen LogP) is 5.30. The number of benzene rings is 2. The Kier molecular flexibility index (Phi) is 4.84. The zero-order chi connectivity index (χ0) is 24.1. The van der Waals surface area contributed by atoms with E-state index in [4.69, 9.17) is 4.74 Å². The van der Waals surface area contributed by atoms with Crippen LogP contribution in [0.15, 0.2) is 55.0 Å². The lowest BCUT2D eigenvalue weighted by Gasteiger charge is -2.15. The number of anilines is 2. The summed E-state index contributed by atoms with van der Waals surface area (Å²) in [5.74, 6) is 0.272. The van der Waals surface area contributed by atoms with Crippen LogP contribution in [0.1, 0.15) is 11.3 Å². The molecule has 0 saturated carbocycles. The normalized spacial score (nSPS) is 12.1. The highest BCUT2D eigenvalue weighted by atomic mass is 19.1. The van der Waals surface area contributed by atoms with Crippen LogP contribution in [-0.2, 0) is 13.6 Å². The van der Waals surface area contributed by atoms with Gasteiger partial charge in [0.25, 0.3) is 0 Å². The van der Waals surface area contributed by atoms with Gasteiger partial charge in [0, 0.05) is 49.3 Å². The van der Waals surface area contributed by atoms with Crippen molar-refractivity contribution >= 4 is 22.5 Å². The van der Waals surface area contributed by atoms with Crippen LogP contribution in [0.3, 0.4) is 0 Å². The number of fused-ring (bicyclic) bond motifs is 2. The maximum atomic E-state index is 15.9. The number of rotatable bonds is 4. The minimum atomic E-state index is -0.464. The largest absolute Gasteiger partial charge is 0.421 e. The Morgan fingerprint density at radius 3 is 2.66 bits per heavy atom. The molecule has 4 heterocycles. The fourth-order valence-electron chi connectivity index (χ4n) is 4.61. The number of ether oxygens (including phenoxy) is 1. The molecule has 2 N–H and O–H groups in total. The van der Waals surface area contributed by atoms with Crippen LogP contribution >= 0.6 is 0 Å². The van der Waals surface area contributed by atoms with Gasteiger partial charge in [-0.1, -0.05) is 18.2 Å². The van der Waals surface area contributed by atoms with Gasteiger partial charge in [-0.05, 0) is 42.3 Å². The smallest absolute Gasteiger partial charge is 0.322 e. The lowest BCUT2D eigenvalue weighted by atomic mass is 9.95. The topological polar surface area (TPSA) is 89.8 Å². The molecule has 0 aliphatic carbocycles. The van der Waals surface area contributed by atoms with E-state index in [0.717, 1.165) is 44.8 Å². The second kappa shape index (κ2) is 8.05. The van der Waals surface area contributed by atoms with Crippen LogP contribution < -0.4 is 15.4 Å². The SMILES string of the molecule is CNc1ccc(-c2c3c4c(ncnc4n2C)NCc2c-3ccc(Oc3nccc(C)n3)c2F)cc1. The van der Waals surface area contributed by atoms with Crippen molar-refractivity contribution in [3.05, 3.63) is 72.1 Å². The molecule has 8 nitrogen and oxygen atoms in total. The predicted molar refractivity (Wildman–Crippen MR) is 133 cm³/mol. The third kappa shape index (κ3) is 3.35. The Bertz CT molecular complexity index is 1590. The number of hydrogen-bond acceptors (Lipinski definition) is 7. The standard InChI is InChI=1S/C26H22FN7O/c1-14-10-11-29-26(33-14)35-19-9-8-17-18(22(19)27)12-30-24-21-20(17)23(34(3)25(21)32-13-31-24)15-4-6-16(28-2)7-5-15/h4-11,13,28H,12H2,1-3H3,(H,30,31,32). The molecule has 1 aliphatic heterocycles. The second-order valence-corrected chi connectivity index (χ2v) is 8.37. The van der Waals surface area contributed by atoms with Crippen LogP contribution in [-0.4, -0.2) is 31.6 Å². The molecule has 0 amide bonds. The highest BCUT2D eigenvalue weighted by molar-refractivity contribution is 6.09. The Labute approximate surface area is 200 Å². The van der Waals surface area contributed by atoms with Gasteiger partial charge in [0.1, 0.15) is 17.8 Å². The van der Waals surface area contributed by atoms with Crippen molar-refractivity contribution in [3.63, 3.8) is 0 Å². The Hall–Kier alpha value is -4.53. The van der Waals surface area contributed by atoms with Gasteiger partial charge >= 0.3 is 6.01 Å². The molecular formula is C26H22FN7O. The summed E-state index contributed by atoms with van der Waals surface area (Å²) in [6.07, 6.45) is 3.11. The van der Waals surface area contributed by atoms with E-state index in [0.29, 0.717) is 11.4 Å². The third-order valence-electron chi connectivity index (χ3n) is 6.30. The van der Waals surface area contributed by atoms with Gasteiger partial charge in [-0.25, -0.2) is 24.3 Å². The highest BCUT2D eigenvalue weighted by Gasteiger charge is 2.29. The molecule has 0 unspecified atom stereocenters. The maximum Gasteiger partial charge on any atom is 0.322 e. The molecule has 3 aromatic heterocycles. The van der Waals surface area contributed by atoms with Gasteiger partial charge < -0.3 is 19.9 Å². The fourth-order valence-corrected chi connectivity index (χ4v) is 4.61. The Morgan fingerprint density at radius 2 is 1.89 bits per heavy atom. The maximum absolute atomic E-state index is 15.9. The van der Waals surface area contributed by atoms with Crippen molar-refractivity contribution in [2.45, 2.75) is 13.5 Å². The summed E-state index contributed by atoms with van der Waals surface area (Å²) in [4.78, 5) is 17.3. The van der Waals surface area contributed by atoms with Crippen LogP contribution in [0.5, 0.6) is 11.8 Å². The number of aromatic nitrogens is 5. The lowest BCUT2D eigenvalue weighted by molar-refractivity contribution is 0.408.